The molecule has 1 amide bonds. The molecule has 25 heavy (non-hydrogen) atoms. The summed E-state index contributed by atoms with van der Waals surface area (Å²) in [5, 5.41) is 2.41. The Morgan fingerprint density at radius 2 is 2.00 bits per heavy atom. The maximum atomic E-state index is 12.5. The molecule has 0 aliphatic carbocycles. The lowest BCUT2D eigenvalue weighted by Gasteiger charge is -2.08. The summed E-state index contributed by atoms with van der Waals surface area (Å²) >= 11 is 0. The molecule has 1 heterocycles. The van der Waals surface area contributed by atoms with Crippen LogP contribution in [0.2, 0.25) is 0 Å². The van der Waals surface area contributed by atoms with Crippen LogP contribution in [-0.2, 0) is 11.0 Å². The van der Waals surface area contributed by atoms with Crippen molar-refractivity contribution in [1.82, 2.24) is 4.98 Å². The first-order chi connectivity index (χ1) is 11.9. The number of benzene rings is 1. The summed E-state index contributed by atoms with van der Waals surface area (Å²) < 4.78 is 43.0. The van der Waals surface area contributed by atoms with E-state index in [9.17, 15) is 18.0 Å². The number of rotatable bonds is 6. The van der Waals surface area contributed by atoms with Crippen LogP contribution in [0.1, 0.15) is 24.5 Å². The first-order valence-electron chi connectivity index (χ1n) is 7.64. The highest BCUT2D eigenvalue weighted by atomic mass is 19.4. The van der Waals surface area contributed by atoms with Crippen LogP contribution in [0.15, 0.2) is 48.7 Å². The maximum Gasteiger partial charge on any atom is 0.417 e. The van der Waals surface area contributed by atoms with E-state index in [0.717, 1.165) is 24.1 Å². The molecule has 0 fully saturated rings. The first kappa shape index (κ1) is 18.5. The summed E-state index contributed by atoms with van der Waals surface area (Å²) in [6.45, 7) is 2.55. The number of hydrogen-bond acceptors (Lipinski definition) is 3. The molecule has 7 heteroatoms. The van der Waals surface area contributed by atoms with Gasteiger partial charge in [-0.3, -0.25) is 4.79 Å². The third kappa shape index (κ3) is 5.63. The van der Waals surface area contributed by atoms with Crippen molar-refractivity contribution in [1.29, 1.82) is 0 Å². The second-order valence-corrected chi connectivity index (χ2v) is 5.14. The van der Waals surface area contributed by atoms with Crippen molar-refractivity contribution in [2.24, 2.45) is 0 Å². The van der Waals surface area contributed by atoms with E-state index in [-0.39, 0.29) is 5.82 Å². The Morgan fingerprint density at radius 1 is 1.24 bits per heavy atom. The molecule has 1 aromatic heterocycles. The molecule has 132 valence electrons. The second-order valence-electron chi connectivity index (χ2n) is 5.14. The zero-order chi connectivity index (χ0) is 18.3. The fourth-order valence-corrected chi connectivity index (χ4v) is 1.93. The van der Waals surface area contributed by atoms with Gasteiger partial charge in [0.05, 0.1) is 12.2 Å². The van der Waals surface area contributed by atoms with Gasteiger partial charge in [-0.15, -0.1) is 0 Å². The highest BCUT2D eigenvalue weighted by molar-refractivity contribution is 6.01. The Balaban J connectivity index is 2.02. The second kappa shape index (κ2) is 8.32. The van der Waals surface area contributed by atoms with Gasteiger partial charge in [-0.05, 0) is 30.7 Å². The lowest BCUT2D eigenvalue weighted by molar-refractivity contribution is -0.137. The zero-order valence-corrected chi connectivity index (χ0v) is 13.5. The number of carbonyl (C=O) groups excluding carboxylic acids is 1. The minimum absolute atomic E-state index is 0.0400. The van der Waals surface area contributed by atoms with Gasteiger partial charge in [0.25, 0.3) is 0 Å². The van der Waals surface area contributed by atoms with Crippen molar-refractivity contribution in [2.75, 3.05) is 11.9 Å². The quantitative estimate of drug-likeness (QED) is 0.778. The van der Waals surface area contributed by atoms with Crippen LogP contribution in [-0.4, -0.2) is 17.5 Å². The Kier molecular flexibility index (Phi) is 6.16. The van der Waals surface area contributed by atoms with E-state index in [1.54, 1.807) is 18.2 Å². The van der Waals surface area contributed by atoms with Crippen molar-refractivity contribution in [3.63, 3.8) is 0 Å². The number of para-hydroxylation sites is 1. The highest BCUT2D eigenvalue weighted by Gasteiger charge is 2.30. The van der Waals surface area contributed by atoms with Gasteiger partial charge < -0.3 is 10.1 Å². The van der Waals surface area contributed by atoms with Crippen molar-refractivity contribution >= 4 is 17.8 Å². The number of amides is 1. The van der Waals surface area contributed by atoms with Gasteiger partial charge in [0.15, 0.2) is 0 Å². The third-order valence-corrected chi connectivity index (χ3v) is 3.14. The molecule has 2 rings (SSSR count). The van der Waals surface area contributed by atoms with Gasteiger partial charge in [-0.2, -0.15) is 13.2 Å². The summed E-state index contributed by atoms with van der Waals surface area (Å²) in [5.41, 5.74) is -0.144. The summed E-state index contributed by atoms with van der Waals surface area (Å²) in [5.74, 6) is 0.191. The molecule has 0 unspecified atom stereocenters. The van der Waals surface area contributed by atoms with Gasteiger partial charge in [-0.25, -0.2) is 4.98 Å². The van der Waals surface area contributed by atoms with Crippen LogP contribution in [0.3, 0.4) is 0 Å². The van der Waals surface area contributed by atoms with Gasteiger partial charge in [-0.1, -0.05) is 25.1 Å². The van der Waals surface area contributed by atoms with Gasteiger partial charge >= 0.3 is 6.18 Å². The van der Waals surface area contributed by atoms with Crippen molar-refractivity contribution < 1.29 is 22.7 Å². The predicted molar refractivity (Wildman–Crippen MR) is 89.1 cm³/mol. The number of carbonyl (C=O) groups is 1. The Hall–Kier alpha value is -2.83. The largest absolute Gasteiger partial charge is 0.493 e. The fourth-order valence-electron chi connectivity index (χ4n) is 1.93. The van der Waals surface area contributed by atoms with E-state index >= 15 is 0 Å². The van der Waals surface area contributed by atoms with E-state index in [2.05, 4.69) is 10.3 Å². The van der Waals surface area contributed by atoms with E-state index in [4.69, 9.17) is 4.74 Å². The van der Waals surface area contributed by atoms with E-state index in [1.807, 2.05) is 19.1 Å². The standard InChI is InChI=1S/C18H17F3N2O2/c1-2-11-25-15-6-4-3-5-13(15)7-10-17(24)23-16-9-8-14(12-22-16)18(19,20)21/h3-10,12H,2,11H2,1H3,(H,22,23,24)/b10-7+. The molecular weight excluding hydrogens is 333 g/mol. The van der Waals surface area contributed by atoms with E-state index < -0.39 is 17.6 Å². The molecule has 1 aromatic carbocycles. The van der Waals surface area contributed by atoms with Crippen LogP contribution in [0.25, 0.3) is 6.08 Å². The maximum absolute atomic E-state index is 12.5. The van der Waals surface area contributed by atoms with Gasteiger partial charge in [0.1, 0.15) is 11.6 Å². The topological polar surface area (TPSA) is 51.2 Å². The third-order valence-electron chi connectivity index (χ3n) is 3.14. The SMILES string of the molecule is CCCOc1ccccc1/C=C/C(=O)Nc1ccc(C(F)(F)F)cn1. The Bertz CT molecular complexity index is 741. The molecule has 0 bridgehead atoms. The number of aromatic nitrogens is 1. The van der Waals surface area contributed by atoms with Crippen LogP contribution < -0.4 is 10.1 Å². The molecule has 0 saturated carbocycles. The summed E-state index contributed by atoms with van der Waals surface area (Å²) in [7, 11) is 0. The summed E-state index contributed by atoms with van der Waals surface area (Å²) in [6.07, 6.45) is -0.0825. The summed E-state index contributed by atoms with van der Waals surface area (Å²) in [6, 6.07) is 9.20. The average Bonchev–Trinajstić information content (AvgIpc) is 2.58. The number of halogens is 3. The zero-order valence-electron chi connectivity index (χ0n) is 13.5. The Labute approximate surface area is 143 Å². The van der Waals surface area contributed by atoms with Gasteiger partial charge in [0.2, 0.25) is 5.91 Å². The predicted octanol–water partition coefficient (Wildman–Crippen LogP) is 4.54. The van der Waals surface area contributed by atoms with Gasteiger partial charge in [0, 0.05) is 17.8 Å². The summed E-state index contributed by atoms with van der Waals surface area (Å²) in [4.78, 5) is 15.5. The number of alkyl halides is 3. The molecule has 0 spiro atoms. The van der Waals surface area contributed by atoms with Crippen molar-refractivity contribution in [3.8, 4) is 5.75 Å². The molecule has 4 nitrogen and oxygen atoms in total. The minimum Gasteiger partial charge on any atom is -0.493 e. The fraction of sp³-hybridized carbons (Fsp3) is 0.222. The van der Waals surface area contributed by atoms with Crippen LogP contribution in [0.5, 0.6) is 5.75 Å². The minimum atomic E-state index is -4.46. The van der Waals surface area contributed by atoms with Crippen LogP contribution >= 0.6 is 0 Å². The lowest BCUT2D eigenvalue weighted by atomic mass is 10.2. The molecule has 0 radical (unpaired) electrons. The number of ether oxygens (including phenoxy) is 1. The molecule has 2 aromatic rings. The molecular formula is C18H17F3N2O2. The normalized spacial score (nSPS) is 11.5. The highest BCUT2D eigenvalue weighted by Crippen LogP contribution is 2.28. The Morgan fingerprint density at radius 3 is 2.64 bits per heavy atom. The lowest BCUT2D eigenvalue weighted by Crippen LogP contribution is -2.11. The molecule has 0 saturated heterocycles. The van der Waals surface area contributed by atoms with E-state index in [1.165, 1.54) is 6.08 Å². The molecule has 0 aliphatic heterocycles. The molecule has 0 aliphatic rings. The molecule has 0 atom stereocenters. The number of hydrogen-bond donors (Lipinski definition) is 1. The molecule has 1 N–H and O–H groups in total. The number of anilines is 1. The van der Waals surface area contributed by atoms with Crippen LogP contribution in [0.4, 0.5) is 19.0 Å². The monoisotopic (exact) mass is 350 g/mol. The van der Waals surface area contributed by atoms with Crippen LogP contribution in [0, 0.1) is 0 Å². The number of nitrogens with zero attached hydrogens (tertiary/aromatic N) is 1. The average molecular weight is 350 g/mol. The van der Waals surface area contributed by atoms with Crippen molar-refractivity contribution in [2.45, 2.75) is 19.5 Å². The number of nitrogens with one attached hydrogen (secondary N) is 1. The number of pyridine rings is 1. The van der Waals surface area contributed by atoms with Crippen molar-refractivity contribution in [3.05, 3.63) is 59.8 Å². The van der Waals surface area contributed by atoms with E-state index in [0.29, 0.717) is 18.6 Å². The first-order valence-corrected chi connectivity index (χ1v) is 7.64. The smallest absolute Gasteiger partial charge is 0.417 e.